The Balaban J connectivity index is 2.82. The number of hydrogen-bond acceptors (Lipinski definition) is 3. The van der Waals surface area contributed by atoms with Crippen LogP contribution in [-0.2, 0) is 4.74 Å². The van der Waals surface area contributed by atoms with Crippen LogP contribution < -0.4 is 14.9 Å². The first-order valence-electron chi connectivity index (χ1n) is 5.57. The van der Waals surface area contributed by atoms with E-state index in [0.29, 0.717) is 6.61 Å². The smallest absolute Gasteiger partial charge is 0.497 e. The molecule has 0 amide bonds. The molecule has 0 saturated carbocycles. The maximum atomic E-state index is 12.8. The highest BCUT2D eigenvalue weighted by molar-refractivity contribution is 6.74. The van der Waals surface area contributed by atoms with E-state index in [1.165, 1.54) is 19.2 Å². The number of methoxy groups -OCH3 is 1. The number of hydrogen-bond donors (Lipinski definition) is 0. The molecule has 0 fully saturated rings. The molecule has 1 rings (SSSR count). The summed E-state index contributed by atoms with van der Waals surface area (Å²) in [6.07, 6.45) is 0. The molecule has 0 atom stereocenters. The van der Waals surface area contributed by atoms with Crippen LogP contribution in [-0.4, -0.2) is 33.9 Å². The molecule has 7 heteroatoms. The summed E-state index contributed by atoms with van der Waals surface area (Å²) in [5.41, 5.74) is -0.786. The number of rotatable bonds is 7. The highest BCUT2D eigenvalue weighted by Gasteiger charge is 2.29. The minimum absolute atomic E-state index is 0.0827. The molecule has 102 valence electrons. The van der Waals surface area contributed by atoms with Crippen molar-refractivity contribution in [2.24, 2.45) is 0 Å². The number of halogens is 3. The largest absolute Gasteiger partial charge is 0.513 e. The van der Waals surface area contributed by atoms with Crippen molar-refractivity contribution in [3.05, 3.63) is 18.2 Å². The number of ether oxygens (including phenoxy) is 3. The van der Waals surface area contributed by atoms with Crippen LogP contribution in [0.2, 0.25) is 0 Å². The standard InChI is InChI=1S/C11H15BF3O3/c1-3-17-6-7-18-11-5-4-9(16-2)8-10(11)12(13,14)15/h4-5,8H,3,6-7H2,1-2H3/q-1. The predicted molar refractivity (Wildman–Crippen MR) is 63.7 cm³/mol. The lowest BCUT2D eigenvalue weighted by Crippen LogP contribution is -2.35. The van der Waals surface area contributed by atoms with E-state index in [9.17, 15) is 12.9 Å². The van der Waals surface area contributed by atoms with Gasteiger partial charge in [0, 0.05) is 6.61 Å². The van der Waals surface area contributed by atoms with Crippen LogP contribution in [0.4, 0.5) is 12.9 Å². The van der Waals surface area contributed by atoms with Gasteiger partial charge < -0.3 is 27.2 Å². The van der Waals surface area contributed by atoms with Gasteiger partial charge in [0.15, 0.2) is 0 Å². The van der Waals surface area contributed by atoms with Crippen molar-refractivity contribution < 1.29 is 27.2 Å². The Morgan fingerprint density at radius 2 is 1.89 bits per heavy atom. The molecule has 18 heavy (non-hydrogen) atoms. The van der Waals surface area contributed by atoms with E-state index in [2.05, 4.69) is 0 Å². The summed E-state index contributed by atoms with van der Waals surface area (Å²) in [7, 11) is 1.32. The topological polar surface area (TPSA) is 27.7 Å². The van der Waals surface area contributed by atoms with Crippen molar-refractivity contribution in [3.8, 4) is 11.5 Å². The van der Waals surface area contributed by atoms with Gasteiger partial charge in [0.05, 0.1) is 19.5 Å². The summed E-state index contributed by atoms with van der Waals surface area (Å²) in [5.74, 6) is -0.0376. The molecule has 0 spiro atoms. The third kappa shape index (κ3) is 4.14. The Labute approximate surface area is 104 Å². The zero-order chi connectivity index (χ0) is 13.6. The molecule has 0 aliphatic rings. The summed E-state index contributed by atoms with van der Waals surface area (Å²) in [5, 5.41) is 0. The van der Waals surface area contributed by atoms with Crippen molar-refractivity contribution in [1.82, 2.24) is 0 Å². The maximum Gasteiger partial charge on any atom is 0.513 e. The molecule has 0 bridgehead atoms. The first-order chi connectivity index (χ1) is 8.49. The Morgan fingerprint density at radius 3 is 2.44 bits per heavy atom. The molecular formula is C11H15BF3O3-. The van der Waals surface area contributed by atoms with E-state index in [1.807, 2.05) is 0 Å². The molecule has 0 aliphatic carbocycles. The van der Waals surface area contributed by atoms with Gasteiger partial charge in [-0.2, -0.15) is 0 Å². The molecular weight excluding hydrogens is 248 g/mol. The van der Waals surface area contributed by atoms with Gasteiger partial charge in [-0.1, -0.05) is 5.46 Å². The van der Waals surface area contributed by atoms with Gasteiger partial charge >= 0.3 is 6.98 Å². The van der Waals surface area contributed by atoms with E-state index < -0.39 is 12.4 Å². The minimum atomic E-state index is -5.14. The van der Waals surface area contributed by atoms with E-state index in [-0.39, 0.29) is 24.7 Å². The van der Waals surface area contributed by atoms with E-state index in [0.717, 1.165) is 6.07 Å². The van der Waals surface area contributed by atoms with Gasteiger partial charge in [0.2, 0.25) is 0 Å². The average molecular weight is 263 g/mol. The zero-order valence-electron chi connectivity index (χ0n) is 10.3. The monoisotopic (exact) mass is 263 g/mol. The van der Waals surface area contributed by atoms with Crippen LogP contribution in [0.1, 0.15) is 6.92 Å². The summed E-state index contributed by atoms with van der Waals surface area (Å²) < 4.78 is 53.4. The van der Waals surface area contributed by atoms with Crippen LogP contribution in [0.25, 0.3) is 0 Å². The van der Waals surface area contributed by atoms with Crippen molar-refractivity contribution in [1.29, 1.82) is 0 Å². The lowest BCUT2D eigenvalue weighted by Gasteiger charge is -2.20. The zero-order valence-corrected chi connectivity index (χ0v) is 10.3. The summed E-state index contributed by atoms with van der Waals surface area (Å²) >= 11 is 0. The third-order valence-electron chi connectivity index (χ3n) is 2.26. The Bertz CT molecular complexity index is 382. The van der Waals surface area contributed by atoms with E-state index >= 15 is 0 Å². The summed E-state index contributed by atoms with van der Waals surface area (Å²) in [6.45, 7) is -2.49. The van der Waals surface area contributed by atoms with Gasteiger partial charge in [-0.25, -0.2) is 0 Å². The van der Waals surface area contributed by atoms with Crippen molar-refractivity contribution in [2.75, 3.05) is 26.9 Å². The van der Waals surface area contributed by atoms with E-state index in [4.69, 9.17) is 14.2 Å². The van der Waals surface area contributed by atoms with Crippen molar-refractivity contribution in [3.63, 3.8) is 0 Å². The Kier molecular flexibility index (Phi) is 5.34. The molecule has 3 nitrogen and oxygen atoms in total. The molecule has 0 N–H and O–H groups in total. The van der Waals surface area contributed by atoms with Crippen LogP contribution in [0.5, 0.6) is 11.5 Å². The quantitative estimate of drug-likeness (QED) is 0.557. The van der Waals surface area contributed by atoms with Gasteiger partial charge in [0.1, 0.15) is 12.4 Å². The second-order valence-corrected chi connectivity index (χ2v) is 3.52. The van der Waals surface area contributed by atoms with Crippen LogP contribution in [0.15, 0.2) is 18.2 Å². The molecule has 0 aromatic heterocycles. The van der Waals surface area contributed by atoms with Crippen molar-refractivity contribution >= 4 is 12.4 Å². The lowest BCUT2D eigenvalue weighted by molar-refractivity contribution is 0.110. The normalized spacial score (nSPS) is 11.4. The second kappa shape index (κ2) is 6.54. The average Bonchev–Trinajstić information content (AvgIpc) is 2.33. The fourth-order valence-electron chi connectivity index (χ4n) is 1.40. The van der Waals surface area contributed by atoms with Gasteiger partial charge in [0.25, 0.3) is 0 Å². The molecule has 0 aliphatic heterocycles. The fraction of sp³-hybridized carbons (Fsp3) is 0.455. The van der Waals surface area contributed by atoms with E-state index in [1.54, 1.807) is 6.92 Å². The minimum Gasteiger partial charge on any atom is -0.497 e. The number of benzene rings is 1. The lowest BCUT2D eigenvalue weighted by atomic mass is 9.79. The molecule has 0 heterocycles. The fourth-order valence-corrected chi connectivity index (χ4v) is 1.40. The molecule has 1 aromatic rings. The molecule has 0 radical (unpaired) electrons. The third-order valence-corrected chi connectivity index (χ3v) is 2.26. The van der Waals surface area contributed by atoms with Gasteiger partial charge in [-0.15, -0.1) is 0 Å². The molecule has 1 aromatic carbocycles. The summed E-state index contributed by atoms with van der Waals surface area (Å²) in [4.78, 5) is 0. The van der Waals surface area contributed by atoms with Gasteiger partial charge in [-0.05, 0) is 25.1 Å². The highest BCUT2D eigenvalue weighted by Crippen LogP contribution is 2.22. The predicted octanol–water partition coefficient (Wildman–Crippen LogP) is 2.16. The SMILES string of the molecule is CCOCCOc1ccc(OC)cc1[B-](F)(F)F. The second-order valence-electron chi connectivity index (χ2n) is 3.52. The first-order valence-corrected chi connectivity index (χ1v) is 5.57. The maximum absolute atomic E-state index is 12.8. The Hall–Kier alpha value is -1.37. The molecule has 0 saturated heterocycles. The van der Waals surface area contributed by atoms with Gasteiger partial charge in [-0.3, -0.25) is 0 Å². The van der Waals surface area contributed by atoms with Crippen LogP contribution >= 0.6 is 0 Å². The molecule has 0 unspecified atom stereocenters. The van der Waals surface area contributed by atoms with Crippen molar-refractivity contribution in [2.45, 2.75) is 6.92 Å². The Morgan fingerprint density at radius 1 is 1.17 bits per heavy atom. The van der Waals surface area contributed by atoms with Crippen LogP contribution in [0.3, 0.4) is 0 Å². The first kappa shape index (κ1) is 14.7. The highest BCUT2D eigenvalue weighted by atomic mass is 19.4. The summed E-state index contributed by atoms with van der Waals surface area (Å²) in [6, 6.07) is 3.63. The van der Waals surface area contributed by atoms with Crippen LogP contribution in [0, 0.1) is 0 Å².